The van der Waals surface area contributed by atoms with Crippen LogP contribution in [0.1, 0.15) is 0 Å². The van der Waals surface area contributed by atoms with Crippen molar-refractivity contribution in [3.8, 4) is 5.75 Å². The lowest BCUT2D eigenvalue weighted by molar-refractivity contribution is 0.473. The Morgan fingerprint density at radius 3 is 2.42 bits per heavy atom. The minimum Gasteiger partial charge on any atom is -0.460 e. The molecular formula is C13H11NO4S. The fourth-order valence-electron chi connectivity index (χ4n) is 1.53. The standard InChI is InChI=1S/C13H11NO4S/c1-2-18-12-9-6-10-14(13(12)15)19(16,17)11-7-4-3-5-8-11/h2-10H,1H2. The van der Waals surface area contributed by atoms with E-state index in [-0.39, 0.29) is 10.6 Å². The van der Waals surface area contributed by atoms with Crippen molar-refractivity contribution in [2.75, 3.05) is 0 Å². The average Bonchev–Trinajstić information content (AvgIpc) is 2.42. The molecule has 0 bridgehead atoms. The minimum absolute atomic E-state index is 0.0350. The Balaban J connectivity index is 2.63. The van der Waals surface area contributed by atoms with Crippen molar-refractivity contribution in [1.82, 2.24) is 3.97 Å². The quantitative estimate of drug-likeness (QED) is 0.796. The predicted octanol–water partition coefficient (Wildman–Crippen LogP) is 1.61. The molecule has 5 nitrogen and oxygen atoms in total. The van der Waals surface area contributed by atoms with E-state index in [1.54, 1.807) is 18.2 Å². The normalized spacial score (nSPS) is 10.9. The first-order chi connectivity index (χ1) is 9.07. The Labute approximate surface area is 110 Å². The number of benzene rings is 1. The summed E-state index contributed by atoms with van der Waals surface area (Å²) in [7, 11) is -3.92. The lowest BCUT2D eigenvalue weighted by atomic mass is 10.4. The van der Waals surface area contributed by atoms with Gasteiger partial charge in [-0.15, -0.1) is 0 Å². The van der Waals surface area contributed by atoms with E-state index in [4.69, 9.17) is 4.74 Å². The molecule has 0 spiro atoms. The topological polar surface area (TPSA) is 65.4 Å². The minimum atomic E-state index is -3.92. The number of hydrogen-bond donors (Lipinski definition) is 0. The molecule has 2 rings (SSSR count). The summed E-state index contributed by atoms with van der Waals surface area (Å²) in [4.78, 5) is 12.0. The van der Waals surface area contributed by atoms with Gasteiger partial charge in [-0.25, -0.2) is 12.4 Å². The third-order valence-corrected chi connectivity index (χ3v) is 4.06. The molecule has 1 heterocycles. The summed E-state index contributed by atoms with van der Waals surface area (Å²) in [5, 5.41) is 0. The van der Waals surface area contributed by atoms with Crippen molar-refractivity contribution in [3.05, 3.63) is 71.9 Å². The summed E-state index contributed by atoms with van der Waals surface area (Å²) in [6.07, 6.45) is 2.25. The second-order valence-electron chi connectivity index (χ2n) is 3.58. The summed E-state index contributed by atoms with van der Waals surface area (Å²) < 4.78 is 30.1. The Morgan fingerprint density at radius 1 is 1.11 bits per heavy atom. The smallest absolute Gasteiger partial charge is 0.307 e. The second-order valence-corrected chi connectivity index (χ2v) is 5.39. The molecule has 0 aliphatic rings. The molecule has 0 radical (unpaired) electrons. The van der Waals surface area contributed by atoms with Gasteiger partial charge in [-0.05, 0) is 24.3 Å². The highest BCUT2D eigenvalue weighted by molar-refractivity contribution is 7.90. The number of pyridine rings is 1. The van der Waals surface area contributed by atoms with Gasteiger partial charge in [0.2, 0.25) is 0 Å². The van der Waals surface area contributed by atoms with Gasteiger partial charge in [-0.1, -0.05) is 24.8 Å². The number of rotatable bonds is 4. The van der Waals surface area contributed by atoms with E-state index < -0.39 is 15.6 Å². The highest BCUT2D eigenvalue weighted by Crippen LogP contribution is 2.12. The van der Waals surface area contributed by atoms with E-state index in [1.165, 1.54) is 30.5 Å². The monoisotopic (exact) mass is 277 g/mol. The van der Waals surface area contributed by atoms with Gasteiger partial charge in [-0.3, -0.25) is 4.79 Å². The SMILES string of the molecule is C=COc1cccn(S(=O)(=O)c2ccccc2)c1=O. The van der Waals surface area contributed by atoms with E-state index in [0.717, 1.165) is 6.26 Å². The Kier molecular flexibility index (Phi) is 3.52. The summed E-state index contributed by atoms with van der Waals surface area (Å²) in [5.41, 5.74) is -0.758. The highest BCUT2D eigenvalue weighted by atomic mass is 32.2. The van der Waals surface area contributed by atoms with Crippen LogP contribution in [-0.4, -0.2) is 12.4 Å². The number of hydrogen-bond acceptors (Lipinski definition) is 4. The highest BCUT2D eigenvalue weighted by Gasteiger charge is 2.19. The summed E-state index contributed by atoms with van der Waals surface area (Å²) in [6, 6.07) is 10.5. The first-order valence-corrected chi connectivity index (χ1v) is 6.81. The molecule has 1 aromatic heterocycles. The molecule has 0 saturated carbocycles. The molecule has 0 saturated heterocycles. The van der Waals surface area contributed by atoms with Crippen molar-refractivity contribution < 1.29 is 13.2 Å². The predicted molar refractivity (Wildman–Crippen MR) is 70.6 cm³/mol. The van der Waals surface area contributed by atoms with Gasteiger partial charge in [0.15, 0.2) is 5.75 Å². The van der Waals surface area contributed by atoms with E-state index in [1.807, 2.05) is 0 Å². The van der Waals surface area contributed by atoms with E-state index in [0.29, 0.717) is 3.97 Å². The fourth-order valence-corrected chi connectivity index (χ4v) is 2.80. The molecule has 98 valence electrons. The molecular weight excluding hydrogens is 266 g/mol. The fraction of sp³-hybridized carbons (Fsp3) is 0. The molecule has 0 aliphatic carbocycles. The van der Waals surface area contributed by atoms with Crippen molar-refractivity contribution in [3.63, 3.8) is 0 Å². The molecule has 6 heteroatoms. The first kappa shape index (κ1) is 13.1. The zero-order valence-corrected chi connectivity index (χ0v) is 10.7. The average molecular weight is 277 g/mol. The van der Waals surface area contributed by atoms with Crippen LogP contribution >= 0.6 is 0 Å². The molecule has 0 unspecified atom stereocenters. The third-order valence-electron chi connectivity index (χ3n) is 2.39. The number of nitrogens with zero attached hydrogens (tertiary/aromatic N) is 1. The number of aromatic nitrogens is 1. The van der Waals surface area contributed by atoms with Gasteiger partial charge in [0.25, 0.3) is 10.0 Å². The van der Waals surface area contributed by atoms with Crippen molar-refractivity contribution in [2.24, 2.45) is 0 Å². The van der Waals surface area contributed by atoms with Crippen LogP contribution in [-0.2, 0) is 10.0 Å². The van der Waals surface area contributed by atoms with Crippen LogP contribution in [0.15, 0.2) is 71.2 Å². The molecule has 0 fully saturated rings. The zero-order chi connectivity index (χ0) is 13.9. The largest absolute Gasteiger partial charge is 0.460 e. The van der Waals surface area contributed by atoms with Gasteiger partial charge in [0, 0.05) is 6.20 Å². The van der Waals surface area contributed by atoms with Crippen LogP contribution < -0.4 is 10.3 Å². The van der Waals surface area contributed by atoms with E-state index >= 15 is 0 Å². The van der Waals surface area contributed by atoms with Crippen LogP contribution in [0, 0.1) is 0 Å². The lowest BCUT2D eigenvalue weighted by Crippen LogP contribution is -2.27. The third kappa shape index (κ3) is 2.43. The lowest BCUT2D eigenvalue weighted by Gasteiger charge is -2.08. The van der Waals surface area contributed by atoms with Crippen molar-refractivity contribution in [1.29, 1.82) is 0 Å². The van der Waals surface area contributed by atoms with Gasteiger partial charge in [0.1, 0.15) is 0 Å². The van der Waals surface area contributed by atoms with E-state index in [2.05, 4.69) is 6.58 Å². The van der Waals surface area contributed by atoms with Crippen molar-refractivity contribution in [2.45, 2.75) is 4.90 Å². The van der Waals surface area contributed by atoms with Crippen LogP contribution in [0.2, 0.25) is 0 Å². The second kappa shape index (κ2) is 5.11. The molecule has 2 aromatic rings. The maximum Gasteiger partial charge on any atom is 0.307 e. The molecule has 0 atom stereocenters. The zero-order valence-electron chi connectivity index (χ0n) is 9.89. The molecule has 1 aromatic carbocycles. The van der Waals surface area contributed by atoms with Gasteiger partial charge >= 0.3 is 5.56 Å². The first-order valence-electron chi connectivity index (χ1n) is 5.37. The molecule has 0 N–H and O–H groups in total. The number of ether oxygens (including phenoxy) is 1. The van der Waals surface area contributed by atoms with Gasteiger partial charge in [-0.2, -0.15) is 0 Å². The Morgan fingerprint density at radius 2 is 1.79 bits per heavy atom. The van der Waals surface area contributed by atoms with Crippen LogP contribution in [0.25, 0.3) is 0 Å². The summed E-state index contributed by atoms with van der Waals surface area (Å²) in [5.74, 6) is -0.1000. The Hall–Kier alpha value is -2.34. The Bertz CT molecular complexity index is 748. The van der Waals surface area contributed by atoms with Gasteiger partial charge in [0.05, 0.1) is 11.2 Å². The molecule has 19 heavy (non-hydrogen) atoms. The maximum absolute atomic E-state index is 12.3. The molecule has 0 aliphatic heterocycles. The van der Waals surface area contributed by atoms with Gasteiger partial charge < -0.3 is 4.74 Å². The van der Waals surface area contributed by atoms with E-state index in [9.17, 15) is 13.2 Å². The van der Waals surface area contributed by atoms with Crippen molar-refractivity contribution >= 4 is 10.0 Å². The van der Waals surface area contributed by atoms with Crippen LogP contribution in [0.4, 0.5) is 0 Å². The summed E-state index contributed by atoms with van der Waals surface area (Å²) >= 11 is 0. The summed E-state index contributed by atoms with van der Waals surface area (Å²) in [6.45, 7) is 3.33. The maximum atomic E-state index is 12.3. The van der Waals surface area contributed by atoms with Crippen LogP contribution in [0.3, 0.4) is 0 Å². The van der Waals surface area contributed by atoms with Crippen LogP contribution in [0.5, 0.6) is 5.75 Å². The molecule has 0 amide bonds.